The molecule has 0 aliphatic heterocycles. The molecule has 120 valence electrons. The Bertz CT molecular complexity index is 572. The van der Waals surface area contributed by atoms with Gasteiger partial charge < -0.3 is 21.5 Å². The number of hydrogen-bond donors (Lipinski definition) is 4. The first-order valence-electron chi connectivity index (χ1n) is 7.43. The van der Waals surface area contributed by atoms with Crippen LogP contribution in [0.25, 0.3) is 0 Å². The van der Waals surface area contributed by atoms with Crippen LogP contribution in [0.3, 0.4) is 0 Å². The van der Waals surface area contributed by atoms with Crippen LogP contribution in [0.5, 0.6) is 0 Å². The number of carboxylic acids is 1. The van der Waals surface area contributed by atoms with Crippen LogP contribution in [0, 0.1) is 0 Å². The zero-order valence-electron chi connectivity index (χ0n) is 12.9. The number of carbonyl (C=O) groups is 2. The maximum atomic E-state index is 11.9. The highest BCUT2D eigenvalue weighted by molar-refractivity contribution is 5.77. The van der Waals surface area contributed by atoms with Gasteiger partial charge in [0.25, 0.3) is 0 Å². The third-order valence-electron chi connectivity index (χ3n) is 4.23. The van der Waals surface area contributed by atoms with Gasteiger partial charge in [0.2, 0.25) is 0 Å². The van der Waals surface area contributed by atoms with E-state index in [0.717, 1.165) is 18.4 Å². The van der Waals surface area contributed by atoms with Crippen molar-refractivity contribution in [1.82, 2.24) is 10.6 Å². The van der Waals surface area contributed by atoms with Crippen molar-refractivity contribution in [2.75, 3.05) is 6.54 Å². The number of nitrogens with one attached hydrogen (secondary N) is 2. The van der Waals surface area contributed by atoms with Gasteiger partial charge in [0.05, 0.1) is 6.04 Å². The fourth-order valence-electron chi connectivity index (χ4n) is 2.86. The van der Waals surface area contributed by atoms with E-state index in [9.17, 15) is 9.59 Å². The van der Waals surface area contributed by atoms with Gasteiger partial charge in [-0.3, -0.25) is 4.79 Å². The number of amides is 2. The van der Waals surface area contributed by atoms with E-state index in [4.69, 9.17) is 10.8 Å². The summed E-state index contributed by atoms with van der Waals surface area (Å²) in [6.45, 7) is 4.31. The molecule has 6 nitrogen and oxygen atoms in total. The molecule has 6 heteroatoms. The molecular weight excluding hydrogens is 282 g/mol. The second-order valence-corrected chi connectivity index (χ2v) is 6.36. The van der Waals surface area contributed by atoms with Gasteiger partial charge in [-0.15, -0.1) is 0 Å². The van der Waals surface area contributed by atoms with Crippen molar-refractivity contribution in [1.29, 1.82) is 0 Å². The number of benzene rings is 1. The Morgan fingerprint density at radius 1 is 1.41 bits per heavy atom. The quantitative estimate of drug-likeness (QED) is 0.676. The molecular formula is C16H23N3O3. The first-order chi connectivity index (χ1) is 10.3. The normalized spacial score (nSPS) is 20.6. The minimum absolute atomic E-state index is 0.0646. The Balaban J connectivity index is 2.02. The Morgan fingerprint density at radius 2 is 2.09 bits per heavy atom. The summed E-state index contributed by atoms with van der Waals surface area (Å²) in [5.74, 6) is -1.13. The lowest BCUT2D eigenvalue weighted by atomic mass is 9.71. The van der Waals surface area contributed by atoms with Crippen LogP contribution in [0.2, 0.25) is 0 Å². The van der Waals surface area contributed by atoms with Crippen molar-refractivity contribution in [2.45, 2.75) is 44.2 Å². The molecule has 0 spiro atoms. The van der Waals surface area contributed by atoms with Crippen molar-refractivity contribution in [2.24, 2.45) is 5.73 Å². The Kier molecular flexibility index (Phi) is 4.71. The van der Waals surface area contributed by atoms with E-state index in [2.05, 4.69) is 30.5 Å². The summed E-state index contributed by atoms with van der Waals surface area (Å²) in [6.07, 6.45) is 1.83. The topological polar surface area (TPSA) is 104 Å². The molecule has 1 aromatic carbocycles. The maximum absolute atomic E-state index is 11.9. The third kappa shape index (κ3) is 3.57. The van der Waals surface area contributed by atoms with Crippen LogP contribution in [0.15, 0.2) is 24.3 Å². The second kappa shape index (κ2) is 6.36. The number of carboxylic acid groups (broad SMARTS) is 1. The number of nitrogens with two attached hydrogens (primary N) is 1. The largest absolute Gasteiger partial charge is 0.480 e. The molecule has 2 atom stereocenters. The molecule has 0 fully saturated rings. The minimum Gasteiger partial charge on any atom is -0.480 e. The Labute approximate surface area is 130 Å². The van der Waals surface area contributed by atoms with Crippen molar-refractivity contribution in [3.8, 4) is 0 Å². The summed E-state index contributed by atoms with van der Waals surface area (Å²) in [4.78, 5) is 22.6. The maximum Gasteiger partial charge on any atom is 0.322 e. The van der Waals surface area contributed by atoms with E-state index in [-0.39, 0.29) is 18.0 Å². The van der Waals surface area contributed by atoms with E-state index < -0.39 is 18.0 Å². The summed E-state index contributed by atoms with van der Waals surface area (Å²) in [6, 6.07) is 6.55. The summed E-state index contributed by atoms with van der Waals surface area (Å²) < 4.78 is 0. The van der Waals surface area contributed by atoms with Crippen LogP contribution in [-0.2, 0) is 10.2 Å². The summed E-state index contributed by atoms with van der Waals surface area (Å²) in [7, 11) is 0. The molecule has 1 aliphatic rings. The number of urea groups is 1. The van der Waals surface area contributed by atoms with Gasteiger partial charge in [0, 0.05) is 6.54 Å². The van der Waals surface area contributed by atoms with E-state index in [1.807, 2.05) is 18.2 Å². The van der Waals surface area contributed by atoms with E-state index >= 15 is 0 Å². The Morgan fingerprint density at radius 3 is 2.77 bits per heavy atom. The molecule has 5 N–H and O–H groups in total. The minimum atomic E-state index is -1.13. The van der Waals surface area contributed by atoms with Gasteiger partial charge >= 0.3 is 12.0 Å². The SMILES string of the molecule is CC1(C)CCC(NC(=O)NC[C@H](N)C(=O)O)c2ccccc21. The van der Waals surface area contributed by atoms with E-state index in [0.29, 0.717) is 0 Å². The van der Waals surface area contributed by atoms with Crippen molar-refractivity contribution in [3.05, 3.63) is 35.4 Å². The summed E-state index contributed by atoms with van der Waals surface area (Å²) in [5, 5.41) is 14.1. The Hall–Kier alpha value is -2.08. The van der Waals surface area contributed by atoms with Gasteiger partial charge in [-0.1, -0.05) is 38.1 Å². The van der Waals surface area contributed by atoms with Crippen LogP contribution in [0.4, 0.5) is 4.79 Å². The molecule has 0 saturated heterocycles. The first-order valence-corrected chi connectivity index (χ1v) is 7.43. The molecule has 22 heavy (non-hydrogen) atoms. The van der Waals surface area contributed by atoms with Gasteiger partial charge in [0.1, 0.15) is 6.04 Å². The van der Waals surface area contributed by atoms with Gasteiger partial charge in [-0.25, -0.2) is 4.79 Å². The molecule has 1 aromatic rings. The molecule has 0 radical (unpaired) electrons. The molecule has 0 bridgehead atoms. The average molecular weight is 305 g/mol. The lowest BCUT2D eigenvalue weighted by Crippen LogP contribution is -2.47. The van der Waals surface area contributed by atoms with Gasteiger partial charge in [0.15, 0.2) is 0 Å². The highest BCUT2D eigenvalue weighted by atomic mass is 16.4. The fourth-order valence-corrected chi connectivity index (χ4v) is 2.86. The number of aliphatic carboxylic acids is 1. The van der Waals surface area contributed by atoms with Gasteiger partial charge in [-0.2, -0.15) is 0 Å². The van der Waals surface area contributed by atoms with Crippen LogP contribution in [0.1, 0.15) is 43.9 Å². The summed E-state index contributed by atoms with van der Waals surface area (Å²) >= 11 is 0. The number of hydrogen-bond acceptors (Lipinski definition) is 3. The average Bonchev–Trinajstić information content (AvgIpc) is 2.48. The molecule has 0 saturated carbocycles. The molecule has 1 unspecified atom stereocenters. The standard InChI is InChI=1S/C16H23N3O3/c1-16(2)8-7-13(10-5-3-4-6-11(10)16)19-15(22)18-9-12(17)14(20)21/h3-6,12-13H,7-9,17H2,1-2H3,(H,20,21)(H2,18,19,22)/t12-,13?/m0/s1. The fraction of sp³-hybridized carbons (Fsp3) is 0.500. The second-order valence-electron chi connectivity index (χ2n) is 6.36. The summed E-state index contributed by atoms with van der Waals surface area (Å²) in [5.41, 5.74) is 7.83. The van der Waals surface area contributed by atoms with Crippen molar-refractivity contribution in [3.63, 3.8) is 0 Å². The van der Waals surface area contributed by atoms with E-state index in [1.165, 1.54) is 5.56 Å². The lowest BCUT2D eigenvalue weighted by molar-refractivity contribution is -0.138. The zero-order valence-corrected chi connectivity index (χ0v) is 12.9. The molecule has 2 amide bonds. The zero-order chi connectivity index (χ0) is 16.3. The van der Waals surface area contributed by atoms with Crippen molar-refractivity contribution >= 4 is 12.0 Å². The highest BCUT2D eigenvalue weighted by Crippen LogP contribution is 2.41. The molecule has 0 aromatic heterocycles. The number of fused-ring (bicyclic) bond motifs is 1. The number of carbonyl (C=O) groups excluding carboxylic acids is 1. The molecule has 1 aliphatic carbocycles. The smallest absolute Gasteiger partial charge is 0.322 e. The van der Waals surface area contributed by atoms with Crippen molar-refractivity contribution < 1.29 is 14.7 Å². The van der Waals surface area contributed by atoms with Crippen LogP contribution in [-0.4, -0.2) is 29.7 Å². The molecule has 0 heterocycles. The molecule has 2 rings (SSSR count). The van der Waals surface area contributed by atoms with Gasteiger partial charge in [-0.05, 0) is 29.4 Å². The predicted octanol–water partition coefficient (Wildman–Crippen LogP) is 1.51. The highest BCUT2D eigenvalue weighted by Gasteiger charge is 2.32. The van der Waals surface area contributed by atoms with Crippen LogP contribution >= 0.6 is 0 Å². The number of rotatable bonds is 4. The lowest BCUT2D eigenvalue weighted by Gasteiger charge is -2.37. The third-order valence-corrected chi connectivity index (χ3v) is 4.23. The first kappa shape index (κ1) is 16.3. The van der Waals surface area contributed by atoms with E-state index in [1.54, 1.807) is 0 Å². The predicted molar refractivity (Wildman–Crippen MR) is 83.6 cm³/mol. The monoisotopic (exact) mass is 305 g/mol. The van der Waals surface area contributed by atoms with Crippen LogP contribution < -0.4 is 16.4 Å².